The lowest BCUT2D eigenvalue weighted by Crippen LogP contribution is -2.45. The summed E-state index contributed by atoms with van der Waals surface area (Å²) in [6.07, 6.45) is 3.62. The molecule has 0 radical (unpaired) electrons. The summed E-state index contributed by atoms with van der Waals surface area (Å²) in [5, 5.41) is 1.87. The number of rotatable bonds is 4. The number of hydrogen-bond donors (Lipinski definition) is 0. The molecule has 5 rings (SSSR count). The zero-order valence-corrected chi connectivity index (χ0v) is 20.0. The number of carbonyl (C=O) groups excluding carboxylic acids is 1. The maximum absolute atomic E-state index is 13.7. The van der Waals surface area contributed by atoms with E-state index < -0.39 is 0 Å². The van der Waals surface area contributed by atoms with Crippen molar-refractivity contribution in [2.75, 3.05) is 6.54 Å². The van der Waals surface area contributed by atoms with Crippen LogP contribution in [-0.4, -0.2) is 28.4 Å². The second-order valence-electron chi connectivity index (χ2n) is 8.11. The fourth-order valence-electron chi connectivity index (χ4n) is 4.40. The van der Waals surface area contributed by atoms with Gasteiger partial charge in [0.2, 0.25) is 0 Å². The van der Waals surface area contributed by atoms with Gasteiger partial charge in [-0.15, -0.1) is 11.3 Å². The number of halogens is 2. The third-order valence-electron chi connectivity index (χ3n) is 5.95. The number of amides is 1. The molecule has 7 heteroatoms. The van der Waals surface area contributed by atoms with Crippen LogP contribution in [0.4, 0.5) is 4.39 Å². The molecular formula is C25H22BrFN2O2S. The van der Waals surface area contributed by atoms with Crippen LogP contribution < -0.4 is 0 Å². The molecule has 1 unspecified atom stereocenters. The molecule has 32 heavy (non-hydrogen) atoms. The molecule has 0 saturated carbocycles. The Hall–Kier alpha value is -2.51. The van der Waals surface area contributed by atoms with Crippen LogP contribution in [0.15, 0.2) is 57.4 Å². The number of aryl methyl sites for hydroxylation is 1. The Morgan fingerprint density at radius 3 is 2.78 bits per heavy atom. The van der Waals surface area contributed by atoms with E-state index in [4.69, 9.17) is 4.42 Å². The summed E-state index contributed by atoms with van der Waals surface area (Å²) in [4.78, 5) is 21.0. The zero-order chi connectivity index (χ0) is 22.2. The molecule has 1 atom stereocenters. The van der Waals surface area contributed by atoms with E-state index in [-0.39, 0.29) is 17.8 Å². The predicted octanol–water partition coefficient (Wildman–Crippen LogP) is 7.00. The van der Waals surface area contributed by atoms with Crippen LogP contribution in [0.3, 0.4) is 0 Å². The summed E-state index contributed by atoms with van der Waals surface area (Å²) < 4.78 is 20.5. The standard InChI is InChI=1S/C25H22BrFN2O2S/c1-15-28-23(24(32-15)16-9-11-17(27)12-10-16)25(30)29-13-5-4-6-18(29)14-21-22(26)19-7-2-3-8-20(19)31-21/h2-3,7-12,18H,4-6,13-14H2,1H3. The molecule has 0 spiro atoms. The van der Waals surface area contributed by atoms with Gasteiger partial charge in [0, 0.05) is 24.4 Å². The van der Waals surface area contributed by atoms with Gasteiger partial charge in [0.1, 0.15) is 22.9 Å². The topological polar surface area (TPSA) is 46.3 Å². The zero-order valence-electron chi connectivity index (χ0n) is 17.6. The van der Waals surface area contributed by atoms with Crippen LogP contribution in [0.1, 0.15) is 40.5 Å². The first kappa shape index (κ1) is 21.3. The summed E-state index contributed by atoms with van der Waals surface area (Å²) in [5.74, 6) is 0.505. The second kappa shape index (κ2) is 8.79. The molecule has 2 aromatic carbocycles. The molecule has 2 aromatic heterocycles. The minimum atomic E-state index is -0.296. The predicted molar refractivity (Wildman–Crippen MR) is 129 cm³/mol. The maximum atomic E-state index is 13.7. The number of thiazole rings is 1. The summed E-state index contributed by atoms with van der Waals surface area (Å²) in [6, 6.07) is 14.2. The number of para-hydroxylation sites is 1. The third-order valence-corrected chi connectivity index (χ3v) is 7.84. The van der Waals surface area contributed by atoms with Crippen LogP contribution >= 0.6 is 27.3 Å². The molecule has 4 aromatic rings. The van der Waals surface area contributed by atoms with E-state index in [9.17, 15) is 9.18 Å². The fraction of sp³-hybridized carbons (Fsp3) is 0.280. The van der Waals surface area contributed by atoms with Crippen molar-refractivity contribution in [1.82, 2.24) is 9.88 Å². The summed E-state index contributed by atoms with van der Waals surface area (Å²) in [6.45, 7) is 2.59. The number of fused-ring (bicyclic) bond motifs is 1. The van der Waals surface area contributed by atoms with E-state index in [0.717, 1.165) is 55.9 Å². The van der Waals surface area contributed by atoms with Crippen LogP contribution in [0.2, 0.25) is 0 Å². The number of piperidine rings is 1. The lowest BCUT2D eigenvalue weighted by molar-refractivity contribution is 0.0603. The van der Waals surface area contributed by atoms with E-state index in [1.165, 1.54) is 23.5 Å². The molecule has 0 bridgehead atoms. The Kier molecular flexibility index (Phi) is 5.86. The van der Waals surface area contributed by atoms with Gasteiger partial charge in [-0.2, -0.15) is 0 Å². The lowest BCUT2D eigenvalue weighted by atomic mass is 9.97. The second-order valence-corrected chi connectivity index (χ2v) is 10.1. The van der Waals surface area contributed by atoms with E-state index >= 15 is 0 Å². The molecule has 1 aliphatic heterocycles. The van der Waals surface area contributed by atoms with Crippen LogP contribution in [0.5, 0.6) is 0 Å². The van der Waals surface area contributed by atoms with Crippen molar-refractivity contribution in [3.05, 3.63) is 75.3 Å². The third kappa shape index (κ3) is 3.99. The van der Waals surface area contributed by atoms with Gasteiger partial charge in [-0.05, 0) is 71.9 Å². The van der Waals surface area contributed by atoms with Gasteiger partial charge in [-0.1, -0.05) is 24.3 Å². The largest absolute Gasteiger partial charge is 0.460 e. The quantitative estimate of drug-likeness (QED) is 0.295. The minimum absolute atomic E-state index is 0.0381. The van der Waals surface area contributed by atoms with Gasteiger partial charge in [0.15, 0.2) is 0 Å². The highest BCUT2D eigenvalue weighted by molar-refractivity contribution is 9.10. The first-order valence-corrected chi connectivity index (χ1v) is 12.3. The molecule has 1 amide bonds. The van der Waals surface area contributed by atoms with E-state index in [1.54, 1.807) is 12.1 Å². The number of benzene rings is 2. The van der Waals surface area contributed by atoms with Crippen molar-refractivity contribution >= 4 is 44.1 Å². The fourth-order valence-corrected chi connectivity index (χ4v) is 5.88. The molecule has 1 aliphatic rings. The van der Waals surface area contributed by atoms with Gasteiger partial charge in [-0.25, -0.2) is 9.37 Å². The molecule has 164 valence electrons. The van der Waals surface area contributed by atoms with E-state index in [2.05, 4.69) is 20.9 Å². The molecule has 0 N–H and O–H groups in total. The highest BCUT2D eigenvalue weighted by Gasteiger charge is 2.32. The minimum Gasteiger partial charge on any atom is -0.460 e. The highest BCUT2D eigenvalue weighted by atomic mass is 79.9. The van der Waals surface area contributed by atoms with Gasteiger partial charge in [-0.3, -0.25) is 4.79 Å². The Balaban J connectivity index is 1.46. The number of furan rings is 1. The Morgan fingerprint density at radius 2 is 2.00 bits per heavy atom. The summed E-state index contributed by atoms with van der Waals surface area (Å²) in [7, 11) is 0. The Morgan fingerprint density at radius 1 is 1.22 bits per heavy atom. The molecule has 1 saturated heterocycles. The van der Waals surface area contributed by atoms with Crippen LogP contribution in [-0.2, 0) is 6.42 Å². The van der Waals surface area contributed by atoms with Crippen molar-refractivity contribution < 1.29 is 13.6 Å². The van der Waals surface area contributed by atoms with Crippen molar-refractivity contribution in [1.29, 1.82) is 0 Å². The van der Waals surface area contributed by atoms with E-state index in [1.807, 2.05) is 36.1 Å². The van der Waals surface area contributed by atoms with Crippen LogP contribution in [0.25, 0.3) is 21.4 Å². The molecule has 3 heterocycles. The normalized spacial score (nSPS) is 16.6. The number of aromatic nitrogens is 1. The van der Waals surface area contributed by atoms with Crippen molar-refractivity contribution in [2.45, 2.75) is 38.6 Å². The highest BCUT2D eigenvalue weighted by Crippen LogP contribution is 2.35. The van der Waals surface area contributed by atoms with Gasteiger partial charge in [0.05, 0.1) is 14.4 Å². The summed E-state index contributed by atoms with van der Waals surface area (Å²) in [5.41, 5.74) is 2.11. The number of hydrogen-bond acceptors (Lipinski definition) is 4. The monoisotopic (exact) mass is 512 g/mol. The molecule has 4 nitrogen and oxygen atoms in total. The smallest absolute Gasteiger partial charge is 0.274 e. The first-order valence-electron chi connectivity index (χ1n) is 10.7. The van der Waals surface area contributed by atoms with Gasteiger partial charge in [0.25, 0.3) is 5.91 Å². The van der Waals surface area contributed by atoms with E-state index in [0.29, 0.717) is 18.7 Å². The maximum Gasteiger partial charge on any atom is 0.274 e. The summed E-state index contributed by atoms with van der Waals surface area (Å²) >= 11 is 5.16. The van der Waals surface area contributed by atoms with Crippen molar-refractivity contribution in [3.63, 3.8) is 0 Å². The number of nitrogens with zero attached hydrogens (tertiary/aromatic N) is 2. The molecule has 0 aliphatic carbocycles. The van der Waals surface area contributed by atoms with Gasteiger partial charge < -0.3 is 9.32 Å². The van der Waals surface area contributed by atoms with Gasteiger partial charge >= 0.3 is 0 Å². The van der Waals surface area contributed by atoms with Crippen LogP contribution in [0, 0.1) is 12.7 Å². The molecular weight excluding hydrogens is 491 g/mol. The Labute approximate surface area is 198 Å². The van der Waals surface area contributed by atoms with Crippen molar-refractivity contribution in [3.8, 4) is 10.4 Å². The lowest BCUT2D eigenvalue weighted by Gasteiger charge is -2.35. The number of likely N-dealkylation sites (tertiary alicyclic amines) is 1. The SMILES string of the molecule is Cc1nc(C(=O)N2CCCCC2Cc2oc3ccccc3c2Br)c(-c2ccc(F)cc2)s1. The molecule has 1 fully saturated rings. The Bertz CT molecular complexity index is 1280. The average Bonchev–Trinajstić information content (AvgIpc) is 3.34. The van der Waals surface area contributed by atoms with Crippen molar-refractivity contribution in [2.24, 2.45) is 0 Å². The first-order chi connectivity index (χ1) is 15.5. The number of carbonyl (C=O) groups is 1. The average molecular weight is 513 g/mol.